The smallest absolute Gasteiger partial charge is 0.309 e. The predicted molar refractivity (Wildman–Crippen MR) is 90.8 cm³/mol. The molecule has 3 aliphatic carbocycles. The SMILES string of the molecule is C1CCC(OP(OC2CCCCC2)OC2CCCCC2)CC1.[Ni]. The molecular formula is C18H33NiO3P. The van der Waals surface area contributed by atoms with E-state index in [2.05, 4.69) is 0 Å². The molecule has 3 fully saturated rings. The van der Waals surface area contributed by atoms with Gasteiger partial charge in [-0.3, -0.25) is 0 Å². The molecule has 0 bridgehead atoms. The molecule has 3 nitrogen and oxygen atoms in total. The largest absolute Gasteiger partial charge is 0.333 e. The van der Waals surface area contributed by atoms with Crippen molar-refractivity contribution in [3.05, 3.63) is 0 Å². The summed E-state index contributed by atoms with van der Waals surface area (Å²) in [5.74, 6) is 0. The molecule has 0 aromatic heterocycles. The van der Waals surface area contributed by atoms with Gasteiger partial charge in [0.1, 0.15) is 0 Å². The quantitative estimate of drug-likeness (QED) is 0.398. The molecule has 138 valence electrons. The van der Waals surface area contributed by atoms with Gasteiger partial charge in [0.25, 0.3) is 0 Å². The van der Waals surface area contributed by atoms with Gasteiger partial charge in [-0.25, -0.2) is 0 Å². The molecule has 0 spiro atoms. The molecule has 0 aromatic carbocycles. The number of hydrogen-bond donors (Lipinski definition) is 0. The maximum Gasteiger partial charge on any atom is 0.333 e. The summed E-state index contributed by atoms with van der Waals surface area (Å²) in [7, 11) is -1.13. The molecule has 0 N–H and O–H groups in total. The summed E-state index contributed by atoms with van der Waals surface area (Å²) in [6.07, 6.45) is 20.3. The zero-order valence-electron chi connectivity index (χ0n) is 14.3. The molecule has 0 aromatic rings. The standard InChI is InChI=1S/C18H33O3P.Ni/c1-4-10-16(11-5-1)19-22(20-17-12-6-2-7-13-17)21-18-14-8-3-9-15-18;/h16-18H,1-15H2;. The molecule has 0 heterocycles. The van der Waals surface area contributed by atoms with Crippen LogP contribution in [0, 0.1) is 0 Å². The normalized spacial score (nSPS) is 25.4. The van der Waals surface area contributed by atoms with Crippen molar-refractivity contribution in [2.45, 2.75) is 115 Å². The summed E-state index contributed by atoms with van der Waals surface area (Å²) in [6.45, 7) is 0. The van der Waals surface area contributed by atoms with Gasteiger partial charge in [-0.15, -0.1) is 0 Å². The molecule has 3 aliphatic rings. The predicted octanol–water partition coefficient (Wildman–Crippen LogP) is 6.26. The molecule has 0 amide bonds. The van der Waals surface area contributed by atoms with Crippen LogP contribution in [0.4, 0.5) is 0 Å². The third-order valence-electron chi connectivity index (χ3n) is 5.36. The first-order valence-corrected chi connectivity index (χ1v) is 10.8. The van der Waals surface area contributed by atoms with Crippen LogP contribution in [0.2, 0.25) is 0 Å². The Labute approximate surface area is 153 Å². The molecule has 0 radical (unpaired) electrons. The van der Waals surface area contributed by atoms with Gasteiger partial charge in [-0.1, -0.05) is 57.8 Å². The van der Waals surface area contributed by atoms with E-state index >= 15 is 0 Å². The zero-order valence-corrected chi connectivity index (χ0v) is 16.2. The van der Waals surface area contributed by atoms with Crippen molar-refractivity contribution in [2.24, 2.45) is 0 Å². The van der Waals surface area contributed by atoms with Crippen LogP contribution in [-0.4, -0.2) is 18.3 Å². The number of rotatable bonds is 6. The van der Waals surface area contributed by atoms with E-state index in [0.717, 1.165) is 0 Å². The average Bonchev–Trinajstić information content (AvgIpc) is 2.57. The summed E-state index contributed by atoms with van der Waals surface area (Å²) >= 11 is 0. The Kier molecular flexibility index (Phi) is 9.99. The van der Waals surface area contributed by atoms with Crippen LogP contribution in [0.25, 0.3) is 0 Å². The second-order valence-corrected chi connectivity index (χ2v) is 8.40. The Morgan fingerprint density at radius 1 is 0.435 bits per heavy atom. The number of hydrogen-bond acceptors (Lipinski definition) is 3. The van der Waals surface area contributed by atoms with E-state index in [1.165, 1.54) is 96.3 Å². The van der Waals surface area contributed by atoms with Gasteiger partial charge in [-0.05, 0) is 38.5 Å². The molecular weight excluding hydrogens is 354 g/mol. The minimum absolute atomic E-state index is 0. The van der Waals surface area contributed by atoms with Crippen LogP contribution in [0.1, 0.15) is 96.3 Å². The van der Waals surface area contributed by atoms with E-state index in [0.29, 0.717) is 18.3 Å². The third kappa shape index (κ3) is 7.29. The summed E-state index contributed by atoms with van der Waals surface area (Å²) in [5, 5.41) is 0. The molecule has 0 atom stereocenters. The maximum absolute atomic E-state index is 6.32. The van der Waals surface area contributed by atoms with Crippen molar-refractivity contribution in [1.29, 1.82) is 0 Å². The van der Waals surface area contributed by atoms with Crippen molar-refractivity contribution in [1.82, 2.24) is 0 Å². The molecule has 3 rings (SSSR count). The summed E-state index contributed by atoms with van der Waals surface area (Å²) in [5.41, 5.74) is 0. The topological polar surface area (TPSA) is 27.7 Å². The first kappa shape index (κ1) is 20.1. The Morgan fingerprint density at radius 2 is 0.696 bits per heavy atom. The van der Waals surface area contributed by atoms with Gasteiger partial charge in [0.2, 0.25) is 0 Å². The molecule has 3 saturated carbocycles. The molecule has 0 aliphatic heterocycles. The van der Waals surface area contributed by atoms with Gasteiger partial charge in [0.05, 0.1) is 18.3 Å². The average molecular weight is 387 g/mol. The Balaban J connectivity index is 0.00000192. The fraction of sp³-hybridized carbons (Fsp3) is 1.00. The second kappa shape index (κ2) is 11.4. The van der Waals surface area contributed by atoms with Crippen LogP contribution < -0.4 is 0 Å². The maximum atomic E-state index is 6.32. The van der Waals surface area contributed by atoms with Crippen molar-refractivity contribution in [3.63, 3.8) is 0 Å². The monoisotopic (exact) mass is 386 g/mol. The minimum Gasteiger partial charge on any atom is -0.309 e. The molecule has 0 saturated heterocycles. The van der Waals surface area contributed by atoms with Crippen LogP contribution >= 0.6 is 8.60 Å². The van der Waals surface area contributed by atoms with E-state index in [4.69, 9.17) is 13.6 Å². The van der Waals surface area contributed by atoms with Crippen LogP contribution in [0.3, 0.4) is 0 Å². The third-order valence-corrected chi connectivity index (χ3v) is 6.77. The van der Waals surface area contributed by atoms with Crippen molar-refractivity contribution < 1.29 is 30.1 Å². The Bertz CT molecular complexity index is 253. The van der Waals surface area contributed by atoms with Gasteiger partial charge < -0.3 is 13.6 Å². The fourth-order valence-electron chi connectivity index (χ4n) is 3.95. The van der Waals surface area contributed by atoms with E-state index < -0.39 is 8.60 Å². The first-order valence-electron chi connectivity index (χ1n) is 9.70. The van der Waals surface area contributed by atoms with Crippen LogP contribution in [-0.2, 0) is 30.1 Å². The van der Waals surface area contributed by atoms with Crippen LogP contribution in [0.15, 0.2) is 0 Å². The minimum atomic E-state index is -1.13. The van der Waals surface area contributed by atoms with Gasteiger partial charge in [-0.2, -0.15) is 0 Å². The van der Waals surface area contributed by atoms with Crippen molar-refractivity contribution in [2.75, 3.05) is 0 Å². The van der Waals surface area contributed by atoms with Crippen molar-refractivity contribution >= 4 is 8.60 Å². The zero-order chi connectivity index (χ0) is 15.0. The van der Waals surface area contributed by atoms with Gasteiger partial charge in [0, 0.05) is 16.5 Å². The Morgan fingerprint density at radius 3 is 0.957 bits per heavy atom. The summed E-state index contributed by atoms with van der Waals surface area (Å²) in [6, 6.07) is 0. The Hall–Kier alpha value is 0.804. The van der Waals surface area contributed by atoms with E-state index in [1.54, 1.807) is 0 Å². The first-order chi connectivity index (χ1) is 10.9. The summed E-state index contributed by atoms with van der Waals surface area (Å²) < 4.78 is 19.0. The van der Waals surface area contributed by atoms with E-state index in [-0.39, 0.29) is 16.5 Å². The van der Waals surface area contributed by atoms with E-state index in [1.807, 2.05) is 0 Å². The van der Waals surface area contributed by atoms with Crippen molar-refractivity contribution in [3.8, 4) is 0 Å². The van der Waals surface area contributed by atoms with Crippen LogP contribution in [0.5, 0.6) is 0 Å². The summed E-state index contributed by atoms with van der Waals surface area (Å²) in [4.78, 5) is 0. The van der Waals surface area contributed by atoms with Gasteiger partial charge >= 0.3 is 8.60 Å². The van der Waals surface area contributed by atoms with Gasteiger partial charge in [0.15, 0.2) is 0 Å². The molecule has 0 unspecified atom stereocenters. The molecule has 5 heteroatoms. The van der Waals surface area contributed by atoms with E-state index in [9.17, 15) is 0 Å². The fourth-order valence-corrected chi connectivity index (χ4v) is 5.46. The second-order valence-electron chi connectivity index (χ2n) is 7.32. The molecule has 23 heavy (non-hydrogen) atoms.